The highest BCUT2D eigenvalue weighted by Crippen LogP contribution is 2.37. The van der Waals surface area contributed by atoms with Gasteiger partial charge in [0.2, 0.25) is 10.0 Å². The maximum atomic E-state index is 13.2. The predicted molar refractivity (Wildman–Crippen MR) is 91.5 cm³/mol. The zero-order valence-electron chi connectivity index (χ0n) is 13.0. The van der Waals surface area contributed by atoms with E-state index in [1.807, 2.05) is 0 Å². The van der Waals surface area contributed by atoms with E-state index in [4.69, 9.17) is 11.6 Å². The van der Waals surface area contributed by atoms with Crippen molar-refractivity contribution in [3.05, 3.63) is 71.0 Å². The fourth-order valence-electron chi connectivity index (χ4n) is 3.06. The molecule has 0 aliphatic carbocycles. The monoisotopic (exact) mass is 375 g/mol. The van der Waals surface area contributed by atoms with E-state index in [0.717, 1.165) is 11.3 Å². The van der Waals surface area contributed by atoms with E-state index in [2.05, 4.69) is 20.2 Å². The van der Waals surface area contributed by atoms with Crippen molar-refractivity contribution in [2.75, 3.05) is 6.54 Å². The second kappa shape index (κ2) is 6.21. The molecule has 1 aliphatic heterocycles. The largest absolute Gasteiger partial charge is 0.282 e. The summed E-state index contributed by atoms with van der Waals surface area (Å²) in [5.74, 6) is 0. The van der Waals surface area contributed by atoms with E-state index in [9.17, 15) is 8.42 Å². The van der Waals surface area contributed by atoms with Crippen molar-refractivity contribution in [2.24, 2.45) is 0 Å². The number of H-pyrrole nitrogens is 1. The number of benzene rings is 1. The van der Waals surface area contributed by atoms with Crippen molar-refractivity contribution in [3.8, 4) is 0 Å². The van der Waals surface area contributed by atoms with E-state index in [-0.39, 0.29) is 4.90 Å². The minimum Gasteiger partial charge on any atom is -0.282 e. The summed E-state index contributed by atoms with van der Waals surface area (Å²) < 4.78 is 27.9. The molecule has 9 heteroatoms. The molecule has 1 aliphatic rings. The number of fused-ring (bicyclic) bond motifs is 1. The molecule has 1 N–H and O–H groups in total. The lowest BCUT2D eigenvalue weighted by Crippen LogP contribution is -2.40. The van der Waals surface area contributed by atoms with Crippen molar-refractivity contribution in [1.29, 1.82) is 0 Å². The molecule has 3 aromatic rings. The first-order valence-corrected chi connectivity index (χ1v) is 9.43. The number of sulfonamides is 1. The molecule has 0 amide bonds. The van der Waals surface area contributed by atoms with Crippen LogP contribution in [-0.4, -0.2) is 39.4 Å². The molecular formula is C16H14ClN5O2S. The van der Waals surface area contributed by atoms with Gasteiger partial charge in [0.15, 0.2) is 0 Å². The van der Waals surface area contributed by atoms with Gasteiger partial charge in [-0.15, -0.1) is 0 Å². The molecule has 0 unspecified atom stereocenters. The van der Waals surface area contributed by atoms with E-state index in [1.165, 1.54) is 22.8 Å². The summed E-state index contributed by atoms with van der Waals surface area (Å²) in [6.45, 7) is 0.333. The number of nitrogens with one attached hydrogen (secondary N) is 1. The van der Waals surface area contributed by atoms with Gasteiger partial charge in [-0.25, -0.2) is 18.4 Å². The molecular weight excluding hydrogens is 362 g/mol. The molecule has 128 valence electrons. The summed E-state index contributed by atoms with van der Waals surface area (Å²) in [5, 5.41) is 7.51. The average Bonchev–Trinajstić information content (AvgIpc) is 3.10. The fraction of sp³-hybridized carbons (Fsp3) is 0.188. The first kappa shape index (κ1) is 16.2. The minimum atomic E-state index is -3.72. The Kier molecular flexibility index (Phi) is 4.03. The molecule has 0 bridgehead atoms. The number of halogens is 1. The highest BCUT2D eigenvalue weighted by atomic mass is 35.5. The van der Waals surface area contributed by atoms with E-state index in [1.54, 1.807) is 30.7 Å². The molecule has 4 rings (SSSR count). The quantitative estimate of drug-likeness (QED) is 0.757. The zero-order chi connectivity index (χ0) is 17.4. The van der Waals surface area contributed by atoms with Crippen LogP contribution in [0.1, 0.15) is 22.9 Å². The predicted octanol–water partition coefficient (Wildman–Crippen LogP) is 2.19. The molecule has 2 aromatic heterocycles. The van der Waals surface area contributed by atoms with Crippen LogP contribution in [0.4, 0.5) is 0 Å². The first-order chi connectivity index (χ1) is 12.1. The van der Waals surface area contributed by atoms with Gasteiger partial charge in [0.25, 0.3) is 0 Å². The second-order valence-corrected chi connectivity index (χ2v) is 8.02. The smallest absolute Gasteiger partial charge is 0.243 e. The van der Waals surface area contributed by atoms with Crippen molar-refractivity contribution in [3.63, 3.8) is 0 Å². The summed E-state index contributed by atoms with van der Waals surface area (Å²) >= 11 is 5.89. The van der Waals surface area contributed by atoms with Gasteiger partial charge in [0, 0.05) is 47.2 Å². The minimum absolute atomic E-state index is 0.200. The van der Waals surface area contributed by atoms with Crippen LogP contribution in [0.15, 0.2) is 54.1 Å². The SMILES string of the molecule is O=S(=O)(c1ccc(Cl)cc1)N1CCc2[nH]ncc2[C@H]1c1cncnc1. The third-order valence-electron chi connectivity index (χ3n) is 4.23. The van der Waals surface area contributed by atoms with Gasteiger partial charge < -0.3 is 0 Å². The third-order valence-corrected chi connectivity index (χ3v) is 6.36. The average molecular weight is 376 g/mol. The van der Waals surface area contributed by atoms with Gasteiger partial charge in [-0.1, -0.05) is 11.6 Å². The second-order valence-electron chi connectivity index (χ2n) is 5.70. The number of nitrogens with zero attached hydrogens (tertiary/aromatic N) is 4. The molecule has 1 atom stereocenters. The van der Waals surface area contributed by atoms with Crippen molar-refractivity contribution in [1.82, 2.24) is 24.5 Å². The maximum Gasteiger partial charge on any atom is 0.243 e. The van der Waals surface area contributed by atoms with Crippen LogP contribution in [0.25, 0.3) is 0 Å². The van der Waals surface area contributed by atoms with Gasteiger partial charge in [-0.3, -0.25) is 5.10 Å². The van der Waals surface area contributed by atoms with E-state index >= 15 is 0 Å². The van der Waals surface area contributed by atoms with Gasteiger partial charge in [0.05, 0.1) is 17.1 Å². The van der Waals surface area contributed by atoms with Crippen LogP contribution in [0.2, 0.25) is 5.02 Å². The summed E-state index contributed by atoms with van der Waals surface area (Å²) in [6, 6.07) is 5.65. The molecule has 3 heterocycles. The topological polar surface area (TPSA) is 91.8 Å². The Bertz CT molecular complexity index is 989. The first-order valence-electron chi connectivity index (χ1n) is 7.62. The Morgan fingerprint density at radius 3 is 2.56 bits per heavy atom. The maximum absolute atomic E-state index is 13.2. The zero-order valence-corrected chi connectivity index (χ0v) is 14.6. The lowest BCUT2D eigenvalue weighted by molar-refractivity contribution is 0.342. The lowest BCUT2D eigenvalue weighted by atomic mass is 9.97. The van der Waals surface area contributed by atoms with Gasteiger partial charge >= 0.3 is 0 Å². The summed E-state index contributed by atoms with van der Waals surface area (Å²) in [7, 11) is -3.72. The van der Waals surface area contributed by atoms with Crippen molar-refractivity contribution < 1.29 is 8.42 Å². The van der Waals surface area contributed by atoms with Crippen LogP contribution >= 0.6 is 11.6 Å². The number of aromatic nitrogens is 4. The van der Waals surface area contributed by atoms with Crippen LogP contribution in [0.3, 0.4) is 0 Å². The van der Waals surface area contributed by atoms with Gasteiger partial charge in [0.1, 0.15) is 6.33 Å². The normalized spacial score (nSPS) is 18.0. The fourth-order valence-corrected chi connectivity index (χ4v) is 4.78. The van der Waals surface area contributed by atoms with Crippen molar-refractivity contribution in [2.45, 2.75) is 17.4 Å². The van der Waals surface area contributed by atoms with Crippen LogP contribution in [-0.2, 0) is 16.4 Å². The Hall–Kier alpha value is -2.29. The van der Waals surface area contributed by atoms with E-state index < -0.39 is 16.1 Å². The van der Waals surface area contributed by atoms with Crippen molar-refractivity contribution >= 4 is 21.6 Å². The van der Waals surface area contributed by atoms with Crippen LogP contribution < -0.4 is 0 Å². The molecule has 7 nitrogen and oxygen atoms in total. The van der Waals surface area contributed by atoms with Crippen LogP contribution in [0, 0.1) is 0 Å². The summed E-state index contributed by atoms with van der Waals surface area (Å²) in [5.41, 5.74) is 2.44. The molecule has 0 spiro atoms. The van der Waals surface area contributed by atoms with Crippen LogP contribution in [0.5, 0.6) is 0 Å². The summed E-state index contributed by atoms with van der Waals surface area (Å²) in [6.07, 6.45) is 6.90. The molecule has 25 heavy (non-hydrogen) atoms. The number of hydrogen-bond donors (Lipinski definition) is 1. The number of rotatable bonds is 3. The molecule has 1 aromatic carbocycles. The van der Waals surface area contributed by atoms with E-state index in [0.29, 0.717) is 23.6 Å². The third kappa shape index (κ3) is 2.82. The Balaban J connectivity index is 1.84. The Labute approximate surface area is 149 Å². The Morgan fingerprint density at radius 2 is 1.84 bits per heavy atom. The number of hydrogen-bond acceptors (Lipinski definition) is 5. The highest BCUT2D eigenvalue weighted by molar-refractivity contribution is 7.89. The molecule has 0 saturated carbocycles. The standard InChI is InChI=1S/C16H14ClN5O2S/c17-12-1-3-13(4-2-12)25(23,24)22-6-5-15-14(9-20-21-15)16(22)11-7-18-10-19-8-11/h1-4,7-10,16H,5-6H2,(H,20,21)/t16-/m1/s1. The van der Waals surface area contributed by atoms with Gasteiger partial charge in [-0.2, -0.15) is 9.40 Å². The Morgan fingerprint density at radius 1 is 1.12 bits per heavy atom. The van der Waals surface area contributed by atoms with Gasteiger partial charge in [-0.05, 0) is 24.3 Å². The molecule has 0 radical (unpaired) electrons. The lowest BCUT2D eigenvalue weighted by Gasteiger charge is -2.34. The highest BCUT2D eigenvalue weighted by Gasteiger charge is 2.38. The molecule has 0 saturated heterocycles. The molecule has 0 fully saturated rings. The summed E-state index contributed by atoms with van der Waals surface area (Å²) in [4.78, 5) is 8.27. The number of aromatic amines is 1.